The molecule has 6 heteroatoms. The van der Waals surface area contributed by atoms with Crippen molar-refractivity contribution in [3.63, 3.8) is 0 Å². The number of halogens is 1. The summed E-state index contributed by atoms with van der Waals surface area (Å²) in [6.45, 7) is 5.99. The first-order chi connectivity index (χ1) is 14.3. The lowest BCUT2D eigenvalue weighted by Crippen LogP contribution is -2.67. The van der Waals surface area contributed by atoms with Crippen molar-refractivity contribution < 1.29 is 14.2 Å². The number of nitrogens with one attached hydrogen (secondary N) is 1. The number of amides is 2. The van der Waals surface area contributed by atoms with E-state index in [0.29, 0.717) is 16.4 Å². The molecule has 0 radical (unpaired) electrons. The zero-order valence-corrected chi connectivity index (χ0v) is 17.9. The molecule has 1 aliphatic heterocycles. The van der Waals surface area contributed by atoms with Crippen LogP contribution in [-0.4, -0.2) is 11.8 Å². The van der Waals surface area contributed by atoms with Crippen molar-refractivity contribution in [2.24, 2.45) is 0 Å². The minimum atomic E-state index is -1.24. The van der Waals surface area contributed by atoms with Gasteiger partial charge in [0.05, 0.1) is 0 Å². The lowest BCUT2D eigenvalue weighted by molar-refractivity contribution is -0.697. The molecular formula is C24H23ClN3O2+. The van der Waals surface area contributed by atoms with Crippen LogP contribution in [0.3, 0.4) is 0 Å². The monoisotopic (exact) mass is 420 g/mol. The third-order valence-electron chi connectivity index (χ3n) is 5.73. The Balaban J connectivity index is 1.85. The Morgan fingerprint density at radius 1 is 1.07 bits per heavy atom. The van der Waals surface area contributed by atoms with Crippen LogP contribution in [0.5, 0.6) is 0 Å². The van der Waals surface area contributed by atoms with Crippen molar-refractivity contribution in [1.82, 2.24) is 0 Å². The van der Waals surface area contributed by atoms with Crippen LogP contribution in [-0.2, 0) is 21.7 Å². The number of hydrogen-bond acceptors (Lipinski definition) is 2. The van der Waals surface area contributed by atoms with E-state index >= 15 is 0 Å². The lowest BCUT2D eigenvalue weighted by Gasteiger charge is -2.40. The number of nitrogens with zero attached hydrogens (tertiary/aromatic N) is 2. The summed E-state index contributed by atoms with van der Waals surface area (Å²) >= 11 is 5.97. The van der Waals surface area contributed by atoms with Crippen molar-refractivity contribution in [3.05, 3.63) is 88.7 Å². The molecule has 30 heavy (non-hydrogen) atoms. The highest BCUT2D eigenvalue weighted by atomic mass is 35.5. The van der Waals surface area contributed by atoms with Gasteiger partial charge >= 0.3 is 0 Å². The summed E-state index contributed by atoms with van der Waals surface area (Å²) in [5.41, 5.74) is 3.02. The van der Waals surface area contributed by atoms with E-state index in [1.165, 1.54) is 0 Å². The van der Waals surface area contributed by atoms with E-state index in [9.17, 15) is 9.59 Å². The average Bonchev–Trinajstić information content (AvgIpc) is 2.72. The van der Waals surface area contributed by atoms with Gasteiger partial charge in [0, 0.05) is 28.5 Å². The van der Waals surface area contributed by atoms with Gasteiger partial charge in [0.15, 0.2) is 6.20 Å². The molecule has 0 fully saturated rings. The molecule has 0 saturated carbocycles. The summed E-state index contributed by atoms with van der Waals surface area (Å²) in [4.78, 5) is 28.6. The standard InChI is InChI=1S/C24H22ClN3O2/c1-16-7-12-20(14-17(16)2)28-22(29)15-27-13-5-4-6-21(27)24(28,3)23(30)26-19-10-8-18(25)9-11-19/h4-14H,15H2,1-3H3/p+1/t24-/m1/s1. The van der Waals surface area contributed by atoms with E-state index in [0.717, 1.165) is 16.8 Å². The first-order valence-electron chi connectivity index (χ1n) is 9.77. The van der Waals surface area contributed by atoms with Crippen LogP contribution >= 0.6 is 11.6 Å². The van der Waals surface area contributed by atoms with E-state index in [1.54, 1.807) is 36.1 Å². The Morgan fingerprint density at radius 2 is 1.80 bits per heavy atom. The molecule has 1 N–H and O–H groups in total. The molecule has 1 atom stereocenters. The molecule has 2 amide bonds. The fraction of sp³-hybridized carbons (Fsp3) is 0.208. The van der Waals surface area contributed by atoms with Gasteiger partial charge < -0.3 is 5.32 Å². The molecule has 5 nitrogen and oxygen atoms in total. The van der Waals surface area contributed by atoms with E-state index in [-0.39, 0.29) is 18.4 Å². The number of pyridine rings is 1. The number of fused-ring (bicyclic) bond motifs is 1. The predicted octanol–water partition coefficient (Wildman–Crippen LogP) is 4.15. The highest BCUT2D eigenvalue weighted by Crippen LogP contribution is 2.36. The SMILES string of the molecule is Cc1ccc(N2C(=O)C[n+]3ccccc3[C@]2(C)C(=O)Nc2ccc(Cl)cc2)cc1C. The van der Waals surface area contributed by atoms with E-state index in [1.807, 2.05) is 61.0 Å². The molecule has 0 spiro atoms. The number of aryl methyl sites for hydroxylation is 2. The van der Waals surface area contributed by atoms with Gasteiger partial charge in [-0.25, -0.2) is 0 Å². The molecular weight excluding hydrogens is 398 g/mol. The van der Waals surface area contributed by atoms with E-state index in [2.05, 4.69) is 5.32 Å². The van der Waals surface area contributed by atoms with Crippen LogP contribution in [0.4, 0.5) is 11.4 Å². The number of hydrogen-bond donors (Lipinski definition) is 1. The fourth-order valence-electron chi connectivity index (χ4n) is 3.91. The Morgan fingerprint density at radius 3 is 2.50 bits per heavy atom. The van der Waals surface area contributed by atoms with Crippen molar-refractivity contribution in [2.75, 3.05) is 10.2 Å². The topological polar surface area (TPSA) is 53.3 Å². The number of aromatic nitrogens is 1. The Hall–Kier alpha value is -3.18. The molecule has 0 unspecified atom stereocenters. The van der Waals surface area contributed by atoms with E-state index < -0.39 is 5.54 Å². The molecule has 152 valence electrons. The fourth-order valence-corrected chi connectivity index (χ4v) is 4.03. The summed E-state index contributed by atoms with van der Waals surface area (Å²) < 4.78 is 1.83. The lowest BCUT2D eigenvalue weighted by atomic mass is 9.89. The quantitative estimate of drug-likeness (QED) is 0.647. The second-order valence-electron chi connectivity index (χ2n) is 7.74. The van der Waals surface area contributed by atoms with Gasteiger partial charge in [-0.2, -0.15) is 4.57 Å². The normalized spacial score (nSPS) is 18.1. The largest absolute Gasteiger partial charge is 0.324 e. The van der Waals surface area contributed by atoms with Crippen LogP contribution in [0.1, 0.15) is 23.7 Å². The van der Waals surface area contributed by atoms with Crippen LogP contribution < -0.4 is 14.8 Å². The molecule has 2 heterocycles. The van der Waals surface area contributed by atoms with Crippen LogP contribution in [0.25, 0.3) is 0 Å². The molecule has 0 aliphatic carbocycles. The van der Waals surface area contributed by atoms with Gasteiger partial charge in [0.1, 0.15) is 0 Å². The molecule has 3 aromatic rings. The first-order valence-corrected chi connectivity index (χ1v) is 10.1. The van der Waals surface area contributed by atoms with Gasteiger partial charge in [-0.05, 0) is 68.3 Å². The predicted molar refractivity (Wildman–Crippen MR) is 117 cm³/mol. The van der Waals surface area contributed by atoms with E-state index in [4.69, 9.17) is 11.6 Å². The number of carbonyl (C=O) groups excluding carboxylic acids is 2. The summed E-state index contributed by atoms with van der Waals surface area (Å²) in [6, 6.07) is 18.4. The summed E-state index contributed by atoms with van der Waals surface area (Å²) in [7, 11) is 0. The second-order valence-corrected chi connectivity index (χ2v) is 8.18. The second kappa shape index (κ2) is 7.58. The number of carbonyl (C=O) groups is 2. The zero-order valence-electron chi connectivity index (χ0n) is 17.1. The number of benzene rings is 2. The van der Waals surface area contributed by atoms with Crippen molar-refractivity contribution >= 4 is 34.8 Å². The molecule has 2 aromatic carbocycles. The molecule has 4 rings (SSSR count). The first kappa shape index (κ1) is 20.1. The maximum atomic E-state index is 13.7. The van der Waals surface area contributed by atoms with Gasteiger partial charge in [-0.15, -0.1) is 0 Å². The maximum Gasteiger partial charge on any atom is 0.294 e. The minimum absolute atomic E-state index is 0.143. The third-order valence-corrected chi connectivity index (χ3v) is 5.99. The zero-order chi connectivity index (χ0) is 21.5. The number of rotatable bonds is 3. The maximum absolute atomic E-state index is 13.7. The Labute approximate surface area is 180 Å². The molecule has 0 saturated heterocycles. The van der Waals surface area contributed by atoms with Crippen molar-refractivity contribution in [3.8, 4) is 0 Å². The molecule has 0 bridgehead atoms. The van der Waals surface area contributed by atoms with Crippen molar-refractivity contribution in [1.29, 1.82) is 0 Å². The van der Waals surface area contributed by atoms with Crippen LogP contribution in [0.15, 0.2) is 66.9 Å². The third kappa shape index (κ3) is 3.35. The van der Waals surface area contributed by atoms with Crippen LogP contribution in [0.2, 0.25) is 5.02 Å². The van der Waals surface area contributed by atoms with Crippen molar-refractivity contribution in [2.45, 2.75) is 32.9 Å². The van der Waals surface area contributed by atoms with Gasteiger partial charge in [0.2, 0.25) is 17.8 Å². The highest BCUT2D eigenvalue weighted by molar-refractivity contribution is 6.30. The highest BCUT2D eigenvalue weighted by Gasteiger charge is 2.54. The molecule has 1 aliphatic rings. The summed E-state index contributed by atoms with van der Waals surface area (Å²) in [5, 5.41) is 3.55. The Kier molecular flexibility index (Phi) is 5.08. The van der Waals surface area contributed by atoms with Gasteiger partial charge in [-0.3, -0.25) is 14.5 Å². The Bertz CT molecular complexity index is 1140. The average molecular weight is 421 g/mol. The molecule has 1 aromatic heterocycles. The summed E-state index contributed by atoms with van der Waals surface area (Å²) in [5.74, 6) is -0.438. The minimum Gasteiger partial charge on any atom is -0.324 e. The van der Waals surface area contributed by atoms with Gasteiger partial charge in [0.25, 0.3) is 11.8 Å². The van der Waals surface area contributed by atoms with Gasteiger partial charge in [-0.1, -0.05) is 23.7 Å². The summed E-state index contributed by atoms with van der Waals surface area (Å²) in [6.07, 6.45) is 1.83. The smallest absolute Gasteiger partial charge is 0.294 e. The number of anilines is 2. The van der Waals surface area contributed by atoms with Crippen LogP contribution in [0, 0.1) is 13.8 Å².